The zero-order valence-corrected chi connectivity index (χ0v) is 16.5. The third-order valence-corrected chi connectivity index (χ3v) is 5.19. The summed E-state index contributed by atoms with van der Waals surface area (Å²) in [5.74, 6) is 0.768. The molecule has 7 heteroatoms. The van der Waals surface area contributed by atoms with Gasteiger partial charge >= 0.3 is 6.03 Å². The number of likely N-dealkylation sites (tertiary alicyclic amines) is 1. The molecule has 1 aliphatic heterocycles. The molecular formula is C22H26FN3O3. The van der Waals surface area contributed by atoms with Gasteiger partial charge in [-0.25, -0.2) is 9.18 Å². The number of nitrogens with zero attached hydrogens (tertiary/aromatic N) is 1. The van der Waals surface area contributed by atoms with Crippen LogP contribution in [0.1, 0.15) is 29.6 Å². The van der Waals surface area contributed by atoms with E-state index in [1.54, 1.807) is 48.4 Å². The summed E-state index contributed by atoms with van der Waals surface area (Å²) >= 11 is 0. The number of nitrogens with one attached hydrogen (secondary N) is 2. The minimum Gasteiger partial charge on any atom is -0.497 e. The van der Waals surface area contributed by atoms with Gasteiger partial charge in [-0.3, -0.25) is 4.79 Å². The molecule has 2 aromatic rings. The molecule has 0 radical (unpaired) electrons. The van der Waals surface area contributed by atoms with Crippen LogP contribution in [0.2, 0.25) is 0 Å². The number of methoxy groups -OCH3 is 1. The Morgan fingerprint density at radius 3 is 2.34 bits per heavy atom. The van der Waals surface area contributed by atoms with Crippen LogP contribution in [0.25, 0.3) is 0 Å². The number of rotatable bonds is 6. The molecule has 0 saturated carbocycles. The van der Waals surface area contributed by atoms with Crippen molar-refractivity contribution >= 4 is 17.6 Å². The number of urea groups is 1. The molecule has 1 saturated heterocycles. The van der Waals surface area contributed by atoms with E-state index in [4.69, 9.17) is 4.74 Å². The van der Waals surface area contributed by atoms with Gasteiger partial charge in [0.1, 0.15) is 11.6 Å². The lowest BCUT2D eigenvalue weighted by Crippen LogP contribution is -2.41. The van der Waals surface area contributed by atoms with Crippen molar-refractivity contribution in [1.82, 2.24) is 10.2 Å². The normalized spacial score (nSPS) is 14.3. The smallest absolute Gasteiger partial charge is 0.321 e. The van der Waals surface area contributed by atoms with Crippen LogP contribution in [0, 0.1) is 11.7 Å². The Balaban J connectivity index is 1.36. The van der Waals surface area contributed by atoms with E-state index in [9.17, 15) is 14.0 Å². The molecule has 0 atom stereocenters. The van der Waals surface area contributed by atoms with Gasteiger partial charge in [0.25, 0.3) is 5.91 Å². The molecule has 1 heterocycles. The quantitative estimate of drug-likeness (QED) is 0.774. The predicted octanol–water partition coefficient (Wildman–Crippen LogP) is 3.90. The molecule has 0 aliphatic carbocycles. The van der Waals surface area contributed by atoms with Crippen LogP contribution in [0.5, 0.6) is 5.75 Å². The predicted molar refractivity (Wildman–Crippen MR) is 110 cm³/mol. The summed E-state index contributed by atoms with van der Waals surface area (Å²) in [6.45, 7) is 1.95. The second kappa shape index (κ2) is 9.91. The minimum absolute atomic E-state index is 0.0937. The fourth-order valence-corrected chi connectivity index (χ4v) is 3.39. The summed E-state index contributed by atoms with van der Waals surface area (Å²) in [7, 11) is 1.59. The second-order valence-electron chi connectivity index (χ2n) is 7.14. The molecule has 29 heavy (non-hydrogen) atoms. The second-order valence-corrected chi connectivity index (χ2v) is 7.14. The Morgan fingerprint density at radius 2 is 1.72 bits per heavy atom. The number of piperidine rings is 1. The minimum atomic E-state index is -0.331. The first-order valence-corrected chi connectivity index (χ1v) is 9.79. The first kappa shape index (κ1) is 20.6. The van der Waals surface area contributed by atoms with Crippen molar-refractivity contribution in [3.8, 4) is 5.75 Å². The molecule has 0 spiro atoms. The highest BCUT2D eigenvalue weighted by Crippen LogP contribution is 2.21. The van der Waals surface area contributed by atoms with Crippen molar-refractivity contribution in [2.45, 2.75) is 19.3 Å². The van der Waals surface area contributed by atoms with Crippen molar-refractivity contribution in [3.05, 3.63) is 59.9 Å². The van der Waals surface area contributed by atoms with Gasteiger partial charge in [-0.2, -0.15) is 0 Å². The number of hydrogen-bond donors (Lipinski definition) is 2. The van der Waals surface area contributed by atoms with Crippen molar-refractivity contribution < 1.29 is 18.7 Å². The van der Waals surface area contributed by atoms with Crippen LogP contribution < -0.4 is 15.4 Å². The average Bonchev–Trinajstić information content (AvgIpc) is 2.75. The number of amides is 3. The lowest BCUT2D eigenvalue weighted by atomic mass is 9.93. The van der Waals surface area contributed by atoms with E-state index in [0.717, 1.165) is 25.0 Å². The van der Waals surface area contributed by atoms with Crippen molar-refractivity contribution in [3.63, 3.8) is 0 Å². The molecule has 3 amide bonds. The van der Waals surface area contributed by atoms with Crippen LogP contribution in [0.3, 0.4) is 0 Å². The number of carbonyl (C=O) groups excluding carboxylic acids is 2. The number of ether oxygens (including phenoxy) is 1. The van der Waals surface area contributed by atoms with E-state index in [1.807, 2.05) is 0 Å². The van der Waals surface area contributed by atoms with Crippen molar-refractivity contribution in [2.75, 3.05) is 32.1 Å². The third-order valence-electron chi connectivity index (χ3n) is 5.19. The maximum atomic E-state index is 12.9. The highest BCUT2D eigenvalue weighted by atomic mass is 19.1. The van der Waals surface area contributed by atoms with E-state index < -0.39 is 0 Å². The van der Waals surface area contributed by atoms with Gasteiger partial charge in [-0.05, 0) is 73.7 Å². The lowest BCUT2D eigenvalue weighted by molar-refractivity contribution is 0.0949. The van der Waals surface area contributed by atoms with Gasteiger partial charge in [0.05, 0.1) is 7.11 Å². The fraction of sp³-hybridized carbons (Fsp3) is 0.364. The van der Waals surface area contributed by atoms with Crippen molar-refractivity contribution in [2.24, 2.45) is 5.92 Å². The molecule has 1 fully saturated rings. The van der Waals surface area contributed by atoms with Crippen LogP contribution in [0.4, 0.5) is 14.9 Å². The summed E-state index contributed by atoms with van der Waals surface area (Å²) in [4.78, 5) is 26.3. The molecule has 0 unspecified atom stereocenters. The van der Waals surface area contributed by atoms with E-state index in [1.165, 1.54) is 12.1 Å². The molecule has 3 rings (SSSR count). The monoisotopic (exact) mass is 399 g/mol. The topological polar surface area (TPSA) is 70.7 Å². The molecule has 0 aromatic heterocycles. The van der Waals surface area contributed by atoms with E-state index in [-0.39, 0.29) is 17.8 Å². The van der Waals surface area contributed by atoms with Gasteiger partial charge in [-0.15, -0.1) is 0 Å². The first-order valence-electron chi connectivity index (χ1n) is 9.79. The van der Waals surface area contributed by atoms with Gasteiger partial charge in [0.15, 0.2) is 0 Å². The summed E-state index contributed by atoms with van der Waals surface area (Å²) in [6.07, 6.45) is 2.68. The molecular weight excluding hydrogens is 373 g/mol. The zero-order valence-electron chi connectivity index (χ0n) is 16.5. The largest absolute Gasteiger partial charge is 0.497 e. The van der Waals surface area contributed by atoms with Crippen molar-refractivity contribution in [1.29, 1.82) is 0 Å². The Kier molecular flexibility index (Phi) is 7.05. The Morgan fingerprint density at radius 1 is 1.07 bits per heavy atom. The van der Waals surface area contributed by atoms with Gasteiger partial charge < -0.3 is 20.3 Å². The Labute approximate surface area is 170 Å². The highest BCUT2D eigenvalue weighted by Gasteiger charge is 2.22. The number of carbonyl (C=O) groups is 2. The summed E-state index contributed by atoms with van der Waals surface area (Å²) in [5.41, 5.74) is 1.19. The number of halogens is 1. The van der Waals surface area contributed by atoms with Gasteiger partial charge in [-0.1, -0.05) is 0 Å². The summed E-state index contributed by atoms with van der Waals surface area (Å²) in [6, 6.07) is 12.6. The fourth-order valence-electron chi connectivity index (χ4n) is 3.39. The first-order chi connectivity index (χ1) is 14.0. The molecule has 154 valence electrons. The number of anilines is 1. The standard InChI is InChI=1S/C22H26FN3O3/c1-29-20-8-2-17(3-9-20)21(27)24-13-10-16-11-14-26(15-12-16)22(28)25-19-6-4-18(23)5-7-19/h2-9,16H,10-15H2,1H3,(H,24,27)(H,25,28). The van der Waals surface area contributed by atoms with E-state index in [2.05, 4.69) is 10.6 Å². The lowest BCUT2D eigenvalue weighted by Gasteiger charge is -2.32. The van der Waals surface area contributed by atoms with E-state index >= 15 is 0 Å². The van der Waals surface area contributed by atoms with Gasteiger partial charge in [0, 0.05) is 30.9 Å². The summed E-state index contributed by atoms with van der Waals surface area (Å²) < 4.78 is 18.0. The Bertz CT molecular complexity index is 816. The van der Waals surface area contributed by atoms with E-state index in [0.29, 0.717) is 36.8 Å². The zero-order chi connectivity index (χ0) is 20.6. The van der Waals surface area contributed by atoms with Gasteiger partial charge in [0.2, 0.25) is 0 Å². The number of benzene rings is 2. The SMILES string of the molecule is COc1ccc(C(=O)NCCC2CCN(C(=O)Nc3ccc(F)cc3)CC2)cc1. The van der Waals surface area contributed by atoms with Crippen LogP contribution in [-0.2, 0) is 0 Å². The molecule has 0 bridgehead atoms. The Hall–Kier alpha value is -3.09. The highest BCUT2D eigenvalue weighted by molar-refractivity contribution is 5.94. The average molecular weight is 399 g/mol. The molecule has 1 aliphatic rings. The molecule has 6 nitrogen and oxygen atoms in total. The maximum Gasteiger partial charge on any atom is 0.321 e. The maximum absolute atomic E-state index is 12.9. The summed E-state index contributed by atoms with van der Waals surface area (Å²) in [5, 5.41) is 5.74. The number of hydrogen-bond acceptors (Lipinski definition) is 3. The molecule has 2 N–H and O–H groups in total. The van der Waals surface area contributed by atoms with Crippen LogP contribution >= 0.6 is 0 Å². The third kappa shape index (κ3) is 5.94. The van der Waals surface area contributed by atoms with Crippen LogP contribution in [-0.4, -0.2) is 43.6 Å². The van der Waals surface area contributed by atoms with Crippen LogP contribution in [0.15, 0.2) is 48.5 Å². The molecule has 2 aromatic carbocycles.